The molecule has 9 nitrogen and oxygen atoms in total. The summed E-state index contributed by atoms with van der Waals surface area (Å²) in [7, 11) is 0. The zero-order valence-corrected chi connectivity index (χ0v) is 16.1. The maximum atomic E-state index is 12.4. The van der Waals surface area contributed by atoms with E-state index in [4.69, 9.17) is 11.5 Å². The highest BCUT2D eigenvalue weighted by Gasteiger charge is 2.35. The van der Waals surface area contributed by atoms with Crippen LogP contribution in [0.4, 0.5) is 0 Å². The number of carbonyl (C=O) groups excluding carboxylic acids is 4. The molecule has 1 aliphatic carbocycles. The normalized spacial score (nSPS) is 20.8. The molecule has 1 saturated carbocycles. The minimum atomic E-state index is -0.841. The summed E-state index contributed by atoms with van der Waals surface area (Å²) in [5, 5.41) is 18.8. The number of nitrogens with two attached hydrogens (primary N) is 2. The Morgan fingerprint density at radius 1 is 0.862 bits per heavy atom. The van der Waals surface area contributed by atoms with Crippen LogP contribution >= 0.6 is 11.3 Å². The van der Waals surface area contributed by atoms with Crippen molar-refractivity contribution in [2.45, 2.75) is 31.0 Å². The van der Waals surface area contributed by atoms with Crippen molar-refractivity contribution in [1.82, 2.24) is 10.6 Å². The second-order valence-corrected chi connectivity index (χ2v) is 7.54. The van der Waals surface area contributed by atoms with E-state index in [-0.39, 0.29) is 29.2 Å². The molecule has 0 spiro atoms. The van der Waals surface area contributed by atoms with Crippen LogP contribution in [0.25, 0.3) is 0 Å². The second kappa shape index (κ2) is 8.41. The van der Waals surface area contributed by atoms with Crippen LogP contribution in [0.3, 0.4) is 0 Å². The summed E-state index contributed by atoms with van der Waals surface area (Å²) in [6, 6.07) is 4.91. The van der Waals surface area contributed by atoms with E-state index in [1.165, 1.54) is 46.4 Å². The summed E-state index contributed by atoms with van der Waals surface area (Å²) in [5.74, 6) is -2.14. The molecular formula is C19H20N4O5S. The Bertz CT molecular complexity index is 956. The summed E-state index contributed by atoms with van der Waals surface area (Å²) in [6.07, 6.45) is -0.256. The highest BCUT2D eigenvalue weighted by molar-refractivity contribution is 7.08. The van der Waals surface area contributed by atoms with E-state index in [1.54, 1.807) is 0 Å². The molecule has 7 N–H and O–H groups in total. The maximum Gasteiger partial charge on any atom is 0.253 e. The Kier molecular flexibility index (Phi) is 5.95. The molecule has 2 aromatic rings. The van der Waals surface area contributed by atoms with Crippen LogP contribution in [0.2, 0.25) is 0 Å². The van der Waals surface area contributed by atoms with Crippen LogP contribution in [0.1, 0.15) is 54.3 Å². The zero-order chi connectivity index (χ0) is 21.1. The molecule has 10 heteroatoms. The highest BCUT2D eigenvalue weighted by atomic mass is 32.1. The SMILES string of the molecule is NC(=O)c1ccc(C(=O)N[C@H]2C[C@H](NC(=O)c3cscc3C(N)=O)C[C@@H]2O)cc1. The molecular weight excluding hydrogens is 396 g/mol. The van der Waals surface area contributed by atoms with Gasteiger partial charge in [0, 0.05) is 27.9 Å². The molecule has 1 heterocycles. The molecule has 1 aromatic heterocycles. The van der Waals surface area contributed by atoms with E-state index in [1.807, 2.05) is 0 Å². The van der Waals surface area contributed by atoms with Gasteiger partial charge in [-0.15, -0.1) is 0 Å². The summed E-state index contributed by atoms with van der Waals surface area (Å²) in [4.78, 5) is 47.3. The number of amides is 4. The van der Waals surface area contributed by atoms with Crippen LogP contribution in [0.5, 0.6) is 0 Å². The van der Waals surface area contributed by atoms with Crippen molar-refractivity contribution < 1.29 is 24.3 Å². The number of hydrogen-bond acceptors (Lipinski definition) is 6. The van der Waals surface area contributed by atoms with Crippen LogP contribution in [-0.4, -0.2) is 46.9 Å². The lowest BCUT2D eigenvalue weighted by molar-refractivity contribution is 0.0870. The molecule has 0 bridgehead atoms. The fourth-order valence-electron chi connectivity index (χ4n) is 3.25. The largest absolute Gasteiger partial charge is 0.391 e. The number of primary amides is 2. The number of hydrogen-bond donors (Lipinski definition) is 5. The number of rotatable bonds is 6. The highest BCUT2D eigenvalue weighted by Crippen LogP contribution is 2.22. The number of nitrogens with one attached hydrogen (secondary N) is 2. The molecule has 0 saturated heterocycles. The predicted molar refractivity (Wildman–Crippen MR) is 106 cm³/mol. The number of benzene rings is 1. The molecule has 0 unspecified atom stereocenters. The van der Waals surface area contributed by atoms with Gasteiger partial charge in [0.2, 0.25) is 11.8 Å². The smallest absolute Gasteiger partial charge is 0.253 e. The van der Waals surface area contributed by atoms with Crippen molar-refractivity contribution in [3.05, 3.63) is 57.3 Å². The Morgan fingerprint density at radius 3 is 2.10 bits per heavy atom. The number of aliphatic hydroxyl groups excluding tert-OH is 1. The summed E-state index contributed by atoms with van der Waals surface area (Å²) in [6.45, 7) is 0. The first-order valence-electron chi connectivity index (χ1n) is 8.82. The Hall–Kier alpha value is -3.24. The van der Waals surface area contributed by atoms with Crippen LogP contribution < -0.4 is 22.1 Å². The first-order chi connectivity index (χ1) is 13.8. The molecule has 1 fully saturated rings. The van der Waals surface area contributed by atoms with Crippen LogP contribution in [0.15, 0.2) is 35.0 Å². The van der Waals surface area contributed by atoms with Gasteiger partial charge in [0.05, 0.1) is 23.3 Å². The number of thiophene rings is 1. The fraction of sp³-hybridized carbons (Fsp3) is 0.263. The van der Waals surface area contributed by atoms with Gasteiger partial charge in [-0.1, -0.05) is 0 Å². The van der Waals surface area contributed by atoms with Gasteiger partial charge in [0.25, 0.3) is 11.8 Å². The van der Waals surface area contributed by atoms with Crippen molar-refractivity contribution in [1.29, 1.82) is 0 Å². The fourth-order valence-corrected chi connectivity index (χ4v) is 4.07. The number of carbonyl (C=O) groups is 4. The lowest BCUT2D eigenvalue weighted by atomic mass is 10.1. The molecule has 3 rings (SSSR count). The van der Waals surface area contributed by atoms with Crippen molar-refractivity contribution in [2.24, 2.45) is 11.5 Å². The van der Waals surface area contributed by atoms with Gasteiger partial charge >= 0.3 is 0 Å². The Labute approximate surface area is 170 Å². The van der Waals surface area contributed by atoms with Gasteiger partial charge < -0.3 is 27.2 Å². The molecule has 0 radical (unpaired) electrons. The topological polar surface area (TPSA) is 165 Å². The average Bonchev–Trinajstić information content (AvgIpc) is 3.29. The van der Waals surface area contributed by atoms with Crippen molar-refractivity contribution in [3.8, 4) is 0 Å². The van der Waals surface area contributed by atoms with E-state index < -0.39 is 35.8 Å². The van der Waals surface area contributed by atoms with Gasteiger partial charge in [-0.25, -0.2) is 0 Å². The monoisotopic (exact) mass is 416 g/mol. The van der Waals surface area contributed by atoms with Crippen LogP contribution in [-0.2, 0) is 0 Å². The first-order valence-corrected chi connectivity index (χ1v) is 9.76. The van der Waals surface area contributed by atoms with E-state index in [9.17, 15) is 24.3 Å². The molecule has 4 amide bonds. The van der Waals surface area contributed by atoms with Crippen molar-refractivity contribution in [2.75, 3.05) is 0 Å². The van der Waals surface area contributed by atoms with Gasteiger partial charge in [-0.3, -0.25) is 19.2 Å². The van der Waals surface area contributed by atoms with Gasteiger partial charge in [0.1, 0.15) is 0 Å². The third-order valence-electron chi connectivity index (χ3n) is 4.78. The van der Waals surface area contributed by atoms with Crippen molar-refractivity contribution >= 4 is 35.0 Å². The lowest BCUT2D eigenvalue weighted by Crippen LogP contribution is -2.40. The quantitative estimate of drug-likeness (QED) is 0.446. The summed E-state index contributed by atoms with van der Waals surface area (Å²) < 4.78 is 0. The van der Waals surface area contributed by atoms with Crippen LogP contribution in [0, 0.1) is 0 Å². The van der Waals surface area contributed by atoms with E-state index in [0.717, 1.165) is 0 Å². The maximum absolute atomic E-state index is 12.4. The van der Waals surface area contributed by atoms with Gasteiger partial charge in [-0.2, -0.15) is 11.3 Å². The number of aliphatic hydroxyl groups is 1. The van der Waals surface area contributed by atoms with E-state index >= 15 is 0 Å². The Morgan fingerprint density at radius 2 is 1.48 bits per heavy atom. The zero-order valence-electron chi connectivity index (χ0n) is 15.3. The molecule has 1 aliphatic rings. The minimum Gasteiger partial charge on any atom is -0.391 e. The van der Waals surface area contributed by atoms with E-state index in [2.05, 4.69) is 10.6 Å². The molecule has 152 valence electrons. The van der Waals surface area contributed by atoms with Crippen molar-refractivity contribution in [3.63, 3.8) is 0 Å². The first kappa shape index (κ1) is 20.5. The molecule has 0 aliphatic heterocycles. The summed E-state index contributed by atoms with van der Waals surface area (Å²) >= 11 is 1.19. The standard InChI is InChI=1S/C19H20N4O5S/c20-16(25)9-1-3-10(4-2-9)18(27)23-14-5-11(6-15(14)24)22-19(28)13-8-29-7-12(13)17(21)26/h1-4,7-8,11,14-15,24H,5-6H2,(H2,20,25)(H2,21,26)(H,22,28)(H,23,27)/t11-,14-,15-/m0/s1. The minimum absolute atomic E-state index is 0.148. The third-order valence-corrected chi connectivity index (χ3v) is 5.53. The molecule has 29 heavy (non-hydrogen) atoms. The molecule has 3 atom stereocenters. The third kappa shape index (κ3) is 4.61. The Balaban J connectivity index is 1.59. The predicted octanol–water partition coefficient (Wildman–Crippen LogP) is -0.00240. The second-order valence-electron chi connectivity index (χ2n) is 6.79. The van der Waals surface area contributed by atoms with Gasteiger partial charge in [-0.05, 0) is 37.1 Å². The van der Waals surface area contributed by atoms with Gasteiger partial charge in [0.15, 0.2) is 0 Å². The summed E-state index contributed by atoms with van der Waals surface area (Å²) in [5.41, 5.74) is 11.4. The lowest BCUT2D eigenvalue weighted by Gasteiger charge is -2.16. The van der Waals surface area contributed by atoms with E-state index in [0.29, 0.717) is 12.0 Å². The average molecular weight is 416 g/mol. The molecule has 1 aromatic carbocycles.